The van der Waals surface area contributed by atoms with Gasteiger partial charge in [0, 0.05) is 16.9 Å². The van der Waals surface area contributed by atoms with Crippen LogP contribution in [0, 0.1) is 0 Å². The van der Waals surface area contributed by atoms with Gasteiger partial charge >= 0.3 is 5.97 Å². The highest BCUT2D eigenvalue weighted by Crippen LogP contribution is 2.40. The van der Waals surface area contributed by atoms with E-state index < -0.39 is 0 Å². The molecule has 2 aromatic carbocycles. The third kappa shape index (κ3) is 3.77. The summed E-state index contributed by atoms with van der Waals surface area (Å²) in [5, 5.41) is 0. The maximum absolute atomic E-state index is 12.3. The predicted molar refractivity (Wildman–Crippen MR) is 91.8 cm³/mol. The molecule has 0 aromatic heterocycles. The van der Waals surface area contributed by atoms with Crippen molar-refractivity contribution in [1.82, 2.24) is 0 Å². The quantitative estimate of drug-likeness (QED) is 0.758. The Hall–Kier alpha value is -2.20. The van der Waals surface area contributed by atoms with Gasteiger partial charge in [0.1, 0.15) is 5.76 Å². The standard InChI is InChI=1S/C19H18O3S/c1-2-21-19(20)16-13-17(23-15-11-7-4-8-12-15)22-18(16)14-9-5-3-6-10-14/h3-12,17H,2,13H2,1H3. The van der Waals surface area contributed by atoms with Gasteiger partial charge in [0.2, 0.25) is 0 Å². The molecule has 0 saturated carbocycles. The summed E-state index contributed by atoms with van der Waals surface area (Å²) >= 11 is 1.62. The normalized spacial score (nSPS) is 17.0. The lowest BCUT2D eigenvalue weighted by molar-refractivity contribution is -0.138. The Labute approximate surface area is 140 Å². The second-order valence-corrected chi connectivity index (χ2v) is 6.31. The lowest BCUT2D eigenvalue weighted by Crippen LogP contribution is -2.08. The van der Waals surface area contributed by atoms with Crippen LogP contribution < -0.4 is 0 Å². The van der Waals surface area contributed by atoms with Crippen LogP contribution in [0.3, 0.4) is 0 Å². The summed E-state index contributed by atoms with van der Waals surface area (Å²) < 4.78 is 11.3. The predicted octanol–water partition coefficient (Wildman–Crippen LogP) is 4.50. The van der Waals surface area contributed by atoms with E-state index in [1.807, 2.05) is 67.6 Å². The van der Waals surface area contributed by atoms with Crippen molar-refractivity contribution < 1.29 is 14.3 Å². The molecule has 1 atom stereocenters. The van der Waals surface area contributed by atoms with Crippen LogP contribution in [0.4, 0.5) is 0 Å². The van der Waals surface area contributed by atoms with E-state index in [1.54, 1.807) is 11.8 Å². The third-order valence-electron chi connectivity index (χ3n) is 3.46. The Morgan fingerprint density at radius 1 is 1.13 bits per heavy atom. The minimum atomic E-state index is -0.289. The summed E-state index contributed by atoms with van der Waals surface area (Å²) in [6, 6.07) is 19.8. The molecule has 3 rings (SSSR count). The lowest BCUT2D eigenvalue weighted by Gasteiger charge is -2.12. The van der Waals surface area contributed by atoms with Crippen LogP contribution in [0.1, 0.15) is 18.9 Å². The van der Waals surface area contributed by atoms with E-state index in [2.05, 4.69) is 0 Å². The summed E-state index contributed by atoms with van der Waals surface area (Å²) in [6.45, 7) is 2.17. The number of benzene rings is 2. The lowest BCUT2D eigenvalue weighted by atomic mass is 10.1. The highest BCUT2D eigenvalue weighted by molar-refractivity contribution is 7.99. The molecule has 0 aliphatic carbocycles. The fourth-order valence-corrected chi connectivity index (χ4v) is 3.46. The molecule has 0 radical (unpaired) electrons. The SMILES string of the molecule is CCOC(=O)C1=C(c2ccccc2)OC(Sc2ccccc2)C1. The Balaban J connectivity index is 1.82. The minimum absolute atomic E-state index is 0.119. The van der Waals surface area contributed by atoms with E-state index in [4.69, 9.17) is 9.47 Å². The van der Waals surface area contributed by atoms with Crippen molar-refractivity contribution >= 4 is 23.5 Å². The molecular formula is C19H18O3S. The first kappa shape index (κ1) is 15.7. The van der Waals surface area contributed by atoms with Gasteiger partial charge in [-0.25, -0.2) is 4.79 Å². The Morgan fingerprint density at radius 2 is 1.78 bits per heavy atom. The number of carbonyl (C=O) groups is 1. The van der Waals surface area contributed by atoms with Crippen LogP contribution in [0.25, 0.3) is 5.76 Å². The molecule has 2 aromatic rings. The number of hydrogen-bond donors (Lipinski definition) is 0. The van der Waals surface area contributed by atoms with E-state index in [-0.39, 0.29) is 11.4 Å². The fourth-order valence-electron chi connectivity index (χ4n) is 2.45. The van der Waals surface area contributed by atoms with Gasteiger partial charge in [0.25, 0.3) is 0 Å². The summed E-state index contributed by atoms with van der Waals surface area (Å²) in [7, 11) is 0. The maximum Gasteiger partial charge on any atom is 0.337 e. The molecule has 0 amide bonds. The molecule has 0 spiro atoms. The van der Waals surface area contributed by atoms with Crippen LogP contribution >= 0.6 is 11.8 Å². The number of thioether (sulfide) groups is 1. The largest absolute Gasteiger partial charge is 0.478 e. The monoisotopic (exact) mass is 326 g/mol. The van der Waals surface area contributed by atoms with Gasteiger partial charge < -0.3 is 9.47 Å². The summed E-state index contributed by atoms with van der Waals surface area (Å²) in [4.78, 5) is 13.4. The van der Waals surface area contributed by atoms with Gasteiger partial charge in [-0.05, 0) is 19.1 Å². The van der Waals surface area contributed by atoms with E-state index >= 15 is 0 Å². The first-order valence-electron chi connectivity index (χ1n) is 7.62. The Bertz CT molecular complexity index is 695. The van der Waals surface area contributed by atoms with Crippen LogP contribution in [-0.2, 0) is 14.3 Å². The first-order valence-corrected chi connectivity index (χ1v) is 8.50. The first-order chi connectivity index (χ1) is 11.3. The van der Waals surface area contributed by atoms with Crippen molar-refractivity contribution in [2.45, 2.75) is 23.7 Å². The Morgan fingerprint density at radius 3 is 2.43 bits per heavy atom. The second-order valence-electron chi connectivity index (χ2n) is 5.08. The zero-order valence-electron chi connectivity index (χ0n) is 12.9. The van der Waals surface area contributed by atoms with E-state index in [0.29, 0.717) is 24.4 Å². The van der Waals surface area contributed by atoms with Crippen molar-refractivity contribution in [3.05, 3.63) is 71.8 Å². The molecule has 3 nitrogen and oxygen atoms in total. The van der Waals surface area contributed by atoms with Crippen LogP contribution in [0.5, 0.6) is 0 Å². The average molecular weight is 326 g/mol. The van der Waals surface area contributed by atoms with Gasteiger partial charge in [-0.2, -0.15) is 0 Å². The molecule has 1 aliphatic heterocycles. The van der Waals surface area contributed by atoms with Crippen molar-refractivity contribution in [3.63, 3.8) is 0 Å². The number of esters is 1. The number of carbonyl (C=O) groups excluding carboxylic acids is 1. The highest BCUT2D eigenvalue weighted by atomic mass is 32.2. The molecule has 0 bridgehead atoms. The Kier molecular flexibility index (Phi) is 5.03. The maximum atomic E-state index is 12.3. The van der Waals surface area contributed by atoms with Crippen molar-refractivity contribution in [2.75, 3.05) is 6.61 Å². The summed E-state index contributed by atoms with van der Waals surface area (Å²) in [5.74, 6) is 0.347. The van der Waals surface area contributed by atoms with E-state index in [1.165, 1.54) is 0 Å². The van der Waals surface area contributed by atoms with Crippen molar-refractivity contribution in [2.24, 2.45) is 0 Å². The van der Waals surface area contributed by atoms with Gasteiger partial charge in [-0.1, -0.05) is 60.3 Å². The van der Waals surface area contributed by atoms with Gasteiger partial charge in [0.15, 0.2) is 5.44 Å². The molecule has 4 heteroatoms. The molecule has 1 heterocycles. The minimum Gasteiger partial charge on any atom is -0.478 e. The topological polar surface area (TPSA) is 35.5 Å². The summed E-state index contributed by atoms with van der Waals surface area (Å²) in [5.41, 5.74) is 1.41. The van der Waals surface area contributed by atoms with Crippen LogP contribution in [-0.4, -0.2) is 18.0 Å². The van der Waals surface area contributed by atoms with Gasteiger partial charge in [-0.15, -0.1) is 0 Å². The molecule has 118 valence electrons. The molecule has 1 aliphatic rings. The van der Waals surface area contributed by atoms with Gasteiger partial charge in [0.05, 0.1) is 12.2 Å². The highest BCUT2D eigenvalue weighted by Gasteiger charge is 2.32. The molecular weight excluding hydrogens is 308 g/mol. The van der Waals surface area contributed by atoms with Crippen molar-refractivity contribution in [3.8, 4) is 0 Å². The van der Waals surface area contributed by atoms with Gasteiger partial charge in [-0.3, -0.25) is 0 Å². The zero-order chi connectivity index (χ0) is 16.1. The molecule has 0 saturated heterocycles. The van der Waals surface area contributed by atoms with E-state index in [0.717, 1.165) is 10.5 Å². The number of hydrogen-bond acceptors (Lipinski definition) is 4. The average Bonchev–Trinajstić information content (AvgIpc) is 3.01. The van der Waals surface area contributed by atoms with E-state index in [9.17, 15) is 4.79 Å². The molecule has 0 N–H and O–H groups in total. The number of ether oxygens (including phenoxy) is 2. The smallest absolute Gasteiger partial charge is 0.337 e. The second kappa shape index (κ2) is 7.38. The molecule has 0 fully saturated rings. The van der Waals surface area contributed by atoms with Crippen LogP contribution in [0.2, 0.25) is 0 Å². The van der Waals surface area contributed by atoms with Crippen LogP contribution in [0.15, 0.2) is 71.1 Å². The third-order valence-corrected chi connectivity index (χ3v) is 4.53. The van der Waals surface area contributed by atoms with Crippen molar-refractivity contribution in [1.29, 1.82) is 0 Å². The summed E-state index contributed by atoms with van der Waals surface area (Å²) in [6.07, 6.45) is 0.544. The molecule has 23 heavy (non-hydrogen) atoms. The fraction of sp³-hybridized carbons (Fsp3) is 0.211. The number of rotatable bonds is 5. The molecule has 1 unspecified atom stereocenters. The zero-order valence-corrected chi connectivity index (χ0v) is 13.7.